The SMILES string of the molecule is CC(C)c1ccccc1NC(=O)CCC(=O)NCCCc1ccccc1O. The molecule has 0 aromatic heterocycles. The highest BCUT2D eigenvalue weighted by atomic mass is 16.3. The van der Waals surface area contributed by atoms with E-state index in [1.165, 1.54) is 0 Å². The van der Waals surface area contributed by atoms with E-state index in [2.05, 4.69) is 24.5 Å². The van der Waals surface area contributed by atoms with E-state index in [0.717, 1.165) is 23.2 Å². The van der Waals surface area contributed by atoms with E-state index in [1.807, 2.05) is 36.4 Å². The number of anilines is 1. The molecule has 2 aromatic rings. The molecule has 0 saturated carbocycles. The van der Waals surface area contributed by atoms with E-state index in [4.69, 9.17) is 0 Å². The van der Waals surface area contributed by atoms with Gasteiger partial charge < -0.3 is 15.7 Å². The Balaban J connectivity index is 1.68. The zero-order valence-corrected chi connectivity index (χ0v) is 16.0. The largest absolute Gasteiger partial charge is 0.508 e. The van der Waals surface area contributed by atoms with Crippen molar-refractivity contribution >= 4 is 17.5 Å². The van der Waals surface area contributed by atoms with Crippen molar-refractivity contribution in [1.82, 2.24) is 5.32 Å². The molecule has 0 saturated heterocycles. The molecule has 144 valence electrons. The van der Waals surface area contributed by atoms with E-state index in [9.17, 15) is 14.7 Å². The molecule has 5 nitrogen and oxygen atoms in total. The lowest BCUT2D eigenvalue weighted by Gasteiger charge is -2.13. The van der Waals surface area contributed by atoms with Gasteiger partial charge in [-0.15, -0.1) is 0 Å². The summed E-state index contributed by atoms with van der Waals surface area (Å²) in [5.41, 5.74) is 2.76. The van der Waals surface area contributed by atoms with Crippen LogP contribution >= 0.6 is 0 Å². The molecule has 2 aromatic carbocycles. The van der Waals surface area contributed by atoms with E-state index in [0.29, 0.717) is 18.9 Å². The number of hydrogen-bond acceptors (Lipinski definition) is 3. The van der Waals surface area contributed by atoms with Crippen molar-refractivity contribution in [1.29, 1.82) is 0 Å². The molecule has 0 spiro atoms. The van der Waals surface area contributed by atoms with Crippen molar-refractivity contribution < 1.29 is 14.7 Å². The molecule has 0 heterocycles. The highest BCUT2D eigenvalue weighted by Crippen LogP contribution is 2.23. The van der Waals surface area contributed by atoms with Crippen LogP contribution in [0.25, 0.3) is 0 Å². The second-order valence-electron chi connectivity index (χ2n) is 6.87. The average Bonchev–Trinajstić information content (AvgIpc) is 2.65. The molecule has 0 aliphatic rings. The summed E-state index contributed by atoms with van der Waals surface area (Å²) in [7, 11) is 0. The van der Waals surface area contributed by atoms with Crippen molar-refractivity contribution in [3.8, 4) is 5.75 Å². The third kappa shape index (κ3) is 6.77. The Kier molecular flexibility index (Phi) is 7.86. The minimum atomic E-state index is -0.160. The second-order valence-corrected chi connectivity index (χ2v) is 6.87. The Hall–Kier alpha value is -2.82. The van der Waals surface area contributed by atoms with Crippen LogP contribution in [-0.2, 0) is 16.0 Å². The molecule has 0 aliphatic heterocycles. The van der Waals surface area contributed by atoms with E-state index in [1.54, 1.807) is 12.1 Å². The van der Waals surface area contributed by atoms with Crippen LogP contribution in [0.2, 0.25) is 0 Å². The van der Waals surface area contributed by atoms with Crippen LogP contribution in [0, 0.1) is 0 Å². The number of benzene rings is 2. The predicted molar refractivity (Wildman–Crippen MR) is 108 cm³/mol. The number of nitrogens with one attached hydrogen (secondary N) is 2. The van der Waals surface area contributed by atoms with Crippen LogP contribution < -0.4 is 10.6 Å². The van der Waals surface area contributed by atoms with Gasteiger partial charge in [-0.3, -0.25) is 9.59 Å². The highest BCUT2D eigenvalue weighted by Gasteiger charge is 2.11. The Bertz CT molecular complexity index is 772. The number of hydrogen-bond donors (Lipinski definition) is 3. The number of rotatable bonds is 9. The maximum Gasteiger partial charge on any atom is 0.224 e. The summed E-state index contributed by atoms with van der Waals surface area (Å²) in [6.45, 7) is 4.67. The summed E-state index contributed by atoms with van der Waals surface area (Å²) in [6, 6.07) is 14.9. The Morgan fingerprint density at radius 2 is 1.63 bits per heavy atom. The number of carbonyl (C=O) groups excluding carboxylic acids is 2. The van der Waals surface area contributed by atoms with Gasteiger partial charge in [-0.05, 0) is 42.0 Å². The average molecular weight is 368 g/mol. The third-order valence-corrected chi connectivity index (χ3v) is 4.37. The van der Waals surface area contributed by atoms with Crippen LogP contribution in [0.4, 0.5) is 5.69 Å². The summed E-state index contributed by atoms with van der Waals surface area (Å²) in [4.78, 5) is 24.0. The van der Waals surface area contributed by atoms with Gasteiger partial charge >= 0.3 is 0 Å². The van der Waals surface area contributed by atoms with Gasteiger partial charge in [0.05, 0.1) is 0 Å². The molecule has 0 unspecified atom stereocenters. The number of aromatic hydroxyl groups is 1. The normalized spacial score (nSPS) is 10.6. The van der Waals surface area contributed by atoms with Gasteiger partial charge in [0.15, 0.2) is 0 Å². The first-order chi connectivity index (χ1) is 13.0. The lowest BCUT2D eigenvalue weighted by Crippen LogP contribution is -2.26. The number of carbonyl (C=O) groups is 2. The number of para-hydroxylation sites is 2. The van der Waals surface area contributed by atoms with E-state index in [-0.39, 0.29) is 30.4 Å². The fourth-order valence-corrected chi connectivity index (χ4v) is 2.87. The first-order valence-electron chi connectivity index (χ1n) is 9.39. The maximum atomic E-state index is 12.1. The minimum Gasteiger partial charge on any atom is -0.508 e. The molecule has 0 radical (unpaired) electrons. The van der Waals surface area contributed by atoms with Crippen LogP contribution in [0.1, 0.15) is 50.2 Å². The Morgan fingerprint density at radius 3 is 2.37 bits per heavy atom. The summed E-state index contributed by atoms with van der Waals surface area (Å²) in [5.74, 6) is 0.295. The quantitative estimate of drug-likeness (QED) is 0.586. The number of phenols is 1. The first kappa shape index (κ1) is 20.5. The fourth-order valence-electron chi connectivity index (χ4n) is 2.87. The minimum absolute atomic E-state index is 0.139. The number of aryl methyl sites for hydroxylation is 1. The predicted octanol–water partition coefficient (Wildman–Crippen LogP) is 3.98. The molecule has 2 rings (SSSR count). The lowest BCUT2D eigenvalue weighted by atomic mass is 10.0. The molecule has 27 heavy (non-hydrogen) atoms. The van der Waals surface area contributed by atoms with Crippen molar-refractivity contribution in [2.24, 2.45) is 0 Å². The van der Waals surface area contributed by atoms with Gasteiger partial charge in [-0.25, -0.2) is 0 Å². The number of phenolic OH excluding ortho intramolecular Hbond substituents is 1. The highest BCUT2D eigenvalue weighted by molar-refractivity contribution is 5.93. The van der Waals surface area contributed by atoms with Crippen LogP contribution in [0.5, 0.6) is 5.75 Å². The van der Waals surface area contributed by atoms with Gasteiger partial charge in [-0.2, -0.15) is 0 Å². The van der Waals surface area contributed by atoms with Crippen molar-refractivity contribution in [3.63, 3.8) is 0 Å². The zero-order chi connectivity index (χ0) is 19.6. The Labute approximate surface area is 160 Å². The molecule has 5 heteroatoms. The van der Waals surface area contributed by atoms with Crippen LogP contribution in [-0.4, -0.2) is 23.5 Å². The molecule has 3 N–H and O–H groups in total. The monoisotopic (exact) mass is 368 g/mol. The maximum absolute atomic E-state index is 12.1. The molecular weight excluding hydrogens is 340 g/mol. The van der Waals surface area contributed by atoms with E-state index >= 15 is 0 Å². The Morgan fingerprint density at radius 1 is 0.963 bits per heavy atom. The first-order valence-corrected chi connectivity index (χ1v) is 9.39. The molecule has 2 amide bonds. The van der Waals surface area contributed by atoms with Gasteiger partial charge in [-0.1, -0.05) is 50.2 Å². The second kappa shape index (κ2) is 10.4. The van der Waals surface area contributed by atoms with Crippen molar-refractivity contribution in [2.45, 2.75) is 45.4 Å². The molecule has 0 atom stereocenters. The zero-order valence-electron chi connectivity index (χ0n) is 16.0. The van der Waals surface area contributed by atoms with Crippen molar-refractivity contribution in [3.05, 3.63) is 59.7 Å². The molecular formula is C22H28N2O3. The summed E-state index contributed by atoms with van der Waals surface area (Å²) < 4.78 is 0. The smallest absolute Gasteiger partial charge is 0.224 e. The lowest BCUT2D eigenvalue weighted by molar-refractivity contribution is -0.124. The molecule has 0 aliphatic carbocycles. The van der Waals surface area contributed by atoms with Gasteiger partial charge in [0.1, 0.15) is 5.75 Å². The summed E-state index contributed by atoms with van der Waals surface area (Å²) in [6.07, 6.45) is 1.74. The summed E-state index contributed by atoms with van der Waals surface area (Å²) in [5, 5.41) is 15.4. The fraction of sp³-hybridized carbons (Fsp3) is 0.364. The molecule has 0 bridgehead atoms. The molecule has 0 fully saturated rings. The topological polar surface area (TPSA) is 78.4 Å². The number of amides is 2. The summed E-state index contributed by atoms with van der Waals surface area (Å²) >= 11 is 0. The van der Waals surface area contributed by atoms with Gasteiger partial charge in [0.25, 0.3) is 0 Å². The van der Waals surface area contributed by atoms with Crippen LogP contribution in [0.3, 0.4) is 0 Å². The van der Waals surface area contributed by atoms with E-state index < -0.39 is 0 Å². The standard InChI is InChI=1S/C22H28N2O3/c1-16(2)18-10-4-5-11-19(18)24-22(27)14-13-21(26)23-15-7-9-17-8-3-6-12-20(17)25/h3-6,8,10-12,16,25H,7,9,13-15H2,1-2H3,(H,23,26)(H,24,27). The third-order valence-electron chi connectivity index (χ3n) is 4.37. The van der Waals surface area contributed by atoms with Gasteiger partial charge in [0.2, 0.25) is 11.8 Å². The van der Waals surface area contributed by atoms with Gasteiger partial charge in [0, 0.05) is 25.1 Å². The van der Waals surface area contributed by atoms with Crippen LogP contribution in [0.15, 0.2) is 48.5 Å². The van der Waals surface area contributed by atoms with Crippen molar-refractivity contribution in [2.75, 3.05) is 11.9 Å².